The molecule has 0 aliphatic heterocycles. The third-order valence-electron chi connectivity index (χ3n) is 2.54. The molecule has 0 spiro atoms. The molecule has 0 aliphatic carbocycles. The fraction of sp³-hybridized carbons (Fsp3) is 0.0667. The molecule has 0 radical (unpaired) electrons. The van der Waals surface area contributed by atoms with Crippen LogP contribution in [0.15, 0.2) is 53.6 Å². The Kier molecular flexibility index (Phi) is 4.31. The molecule has 1 amide bonds. The Morgan fingerprint density at radius 1 is 1.21 bits per heavy atom. The standard InChI is InChI=1S/C15H13ClN2O/c1-11-5-4-6-12(9-11)10-17-18-15(19)13-7-2-3-8-14(13)16/h2-10H,1H3,(H,18,19)/b17-10-. The summed E-state index contributed by atoms with van der Waals surface area (Å²) in [5.41, 5.74) is 4.93. The normalized spacial score (nSPS) is 10.6. The molecular formula is C15H13ClN2O. The highest BCUT2D eigenvalue weighted by Gasteiger charge is 2.07. The maximum absolute atomic E-state index is 11.8. The summed E-state index contributed by atoms with van der Waals surface area (Å²) in [5, 5.41) is 4.33. The van der Waals surface area contributed by atoms with Crippen molar-refractivity contribution in [3.8, 4) is 0 Å². The molecule has 19 heavy (non-hydrogen) atoms. The maximum atomic E-state index is 11.8. The molecule has 0 saturated carbocycles. The first kappa shape index (κ1) is 13.3. The number of hydrogen-bond donors (Lipinski definition) is 1. The van der Waals surface area contributed by atoms with Crippen LogP contribution < -0.4 is 5.43 Å². The highest BCUT2D eigenvalue weighted by atomic mass is 35.5. The lowest BCUT2D eigenvalue weighted by molar-refractivity contribution is 0.0955. The number of benzene rings is 2. The summed E-state index contributed by atoms with van der Waals surface area (Å²) in [7, 11) is 0. The summed E-state index contributed by atoms with van der Waals surface area (Å²) in [6.07, 6.45) is 1.60. The molecule has 3 nitrogen and oxygen atoms in total. The Morgan fingerprint density at radius 2 is 2.00 bits per heavy atom. The molecule has 4 heteroatoms. The average Bonchev–Trinajstić information content (AvgIpc) is 2.39. The van der Waals surface area contributed by atoms with Crippen molar-refractivity contribution in [1.29, 1.82) is 0 Å². The van der Waals surface area contributed by atoms with Crippen LogP contribution in [0.4, 0.5) is 0 Å². The van der Waals surface area contributed by atoms with Crippen LogP contribution in [0.3, 0.4) is 0 Å². The molecule has 0 unspecified atom stereocenters. The van der Waals surface area contributed by atoms with Crippen molar-refractivity contribution >= 4 is 23.7 Å². The molecule has 1 N–H and O–H groups in total. The molecule has 0 aromatic heterocycles. The Bertz CT molecular complexity index is 623. The number of hydrogen-bond acceptors (Lipinski definition) is 2. The van der Waals surface area contributed by atoms with Crippen LogP contribution >= 0.6 is 11.6 Å². The van der Waals surface area contributed by atoms with Crippen molar-refractivity contribution in [2.24, 2.45) is 5.10 Å². The number of nitrogens with zero attached hydrogens (tertiary/aromatic N) is 1. The van der Waals surface area contributed by atoms with E-state index in [2.05, 4.69) is 10.5 Å². The Hall–Kier alpha value is -2.13. The van der Waals surface area contributed by atoms with Crippen LogP contribution in [-0.4, -0.2) is 12.1 Å². The average molecular weight is 273 g/mol. The van der Waals surface area contributed by atoms with Gasteiger partial charge in [-0.15, -0.1) is 0 Å². The molecule has 0 fully saturated rings. The van der Waals surface area contributed by atoms with Gasteiger partial charge in [0.15, 0.2) is 0 Å². The van der Waals surface area contributed by atoms with E-state index in [9.17, 15) is 4.79 Å². The number of rotatable bonds is 3. The Labute approximate surface area is 116 Å². The predicted octanol–water partition coefficient (Wildman–Crippen LogP) is 3.41. The third-order valence-corrected chi connectivity index (χ3v) is 2.87. The van der Waals surface area contributed by atoms with Gasteiger partial charge in [-0.05, 0) is 24.6 Å². The highest BCUT2D eigenvalue weighted by Crippen LogP contribution is 2.14. The van der Waals surface area contributed by atoms with Crippen molar-refractivity contribution in [3.05, 3.63) is 70.2 Å². The molecule has 2 aromatic carbocycles. The molecular weight excluding hydrogens is 260 g/mol. The van der Waals surface area contributed by atoms with Crippen LogP contribution in [0.1, 0.15) is 21.5 Å². The summed E-state index contributed by atoms with van der Waals surface area (Å²) < 4.78 is 0. The summed E-state index contributed by atoms with van der Waals surface area (Å²) >= 11 is 5.92. The Morgan fingerprint density at radius 3 is 2.74 bits per heavy atom. The lowest BCUT2D eigenvalue weighted by Crippen LogP contribution is -2.17. The van der Waals surface area contributed by atoms with Gasteiger partial charge in [0.25, 0.3) is 5.91 Å². The SMILES string of the molecule is Cc1cccc(/C=N\NC(=O)c2ccccc2Cl)c1. The third kappa shape index (κ3) is 3.66. The van der Waals surface area contributed by atoms with Crippen LogP contribution in [0.5, 0.6) is 0 Å². The van der Waals surface area contributed by atoms with Crippen molar-refractivity contribution in [2.45, 2.75) is 6.92 Å². The summed E-state index contributed by atoms with van der Waals surface area (Å²) in [5.74, 6) is -0.325. The van der Waals surface area contributed by atoms with Gasteiger partial charge in [-0.3, -0.25) is 4.79 Å². The van der Waals surface area contributed by atoms with E-state index in [-0.39, 0.29) is 5.91 Å². The van der Waals surface area contributed by atoms with Gasteiger partial charge in [0, 0.05) is 0 Å². The number of carbonyl (C=O) groups excluding carboxylic acids is 1. The van der Waals surface area contributed by atoms with Gasteiger partial charge in [-0.1, -0.05) is 53.6 Å². The fourth-order valence-corrected chi connectivity index (χ4v) is 1.84. The second-order valence-corrected chi connectivity index (χ2v) is 4.50. The van der Waals surface area contributed by atoms with Crippen LogP contribution in [0, 0.1) is 6.92 Å². The Balaban J connectivity index is 2.03. The van der Waals surface area contributed by atoms with Crippen molar-refractivity contribution < 1.29 is 4.79 Å². The van der Waals surface area contributed by atoms with Crippen LogP contribution in [0.25, 0.3) is 0 Å². The number of halogens is 1. The number of nitrogens with one attached hydrogen (secondary N) is 1. The zero-order valence-electron chi connectivity index (χ0n) is 10.4. The van der Waals surface area contributed by atoms with Gasteiger partial charge in [-0.2, -0.15) is 5.10 Å². The van der Waals surface area contributed by atoms with Gasteiger partial charge in [0.1, 0.15) is 0 Å². The molecule has 2 rings (SSSR count). The zero-order chi connectivity index (χ0) is 13.7. The number of aryl methyl sites for hydroxylation is 1. The summed E-state index contributed by atoms with van der Waals surface area (Å²) in [6.45, 7) is 2.00. The molecule has 0 bridgehead atoms. The number of hydrazone groups is 1. The van der Waals surface area contributed by atoms with Gasteiger partial charge < -0.3 is 0 Å². The monoisotopic (exact) mass is 272 g/mol. The quantitative estimate of drug-likeness (QED) is 0.675. The van der Waals surface area contributed by atoms with Crippen LogP contribution in [-0.2, 0) is 0 Å². The van der Waals surface area contributed by atoms with E-state index in [1.54, 1.807) is 30.5 Å². The van der Waals surface area contributed by atoms with E-state index in [0.29, 0.717) is 10.6 Å². The first-order valence-electron chi connectivity index (χ1n) is 5.81. The van der Waals surface area contributed by atoms with E-state index in [1.165, 1.54) is 0 Å². The largest absolute Gasteiger partial charge is 0.272 e. The molecule has 0 atom stereocenters. The van der Waals surface area contributed by atoms with E-state index in [0.717, 1.165) is 11.1 Å². The van der Waals surface area contributed by atoms with Crippen molar-refractivity contribution in [1.82, 2.24) is 5.43 Å². The topological polar surface area (TPSA) is 41.5 Å². The van der Waals surface area contributed by atoms with Crippen molar-refractivity contribution in [2.75, 3.05) is 0 Å². The summed E-state index contributed by atoms with van der Waals surface area (Å²) in [6, 6.07) is 14.7. The molecule has 2 aromatic rings. The first-order chi connectivity index (χ1) is 9.16. The molecule has 0 saturated heterocycles. The van der Waals surface area contributed by atoms with Gasteiger partial charge in [0.05, 0.1) is 16.8 Å². The lowest BCUT2D eigenvalue weighted by atomic mass is 10.2. The van der Waals surface area contributed by atoms with Crippen molar-refractivity contribution in [3.63, 3.8) is 0 Å². The predicted molar refractivity (Wildman–Crippen MR) is 77.7 cm³/mol. The van der Waals surface area contributed by atoms with E-state index >= 15 is 0 Å². The molecule has 96 valence electrons. The first-order valence-corrected chi connectivity index (χ1v) is 6.19. The van der Waals surface area contributed by atoms with E-state index in [1.807, 2.05) is 31.2 Å². The molecule has 0 aliphatic rings. The number of carbonyl (C=O) groups is 1. The number of amides is 1. The van der Waals surface area contributed by atoms with E-state index in [4.69, 9.17) is 11.6 Å². The summed E-state index contributed by atoms with van der Waals surface area (Å²) in [4.78, 5) is 11.8. The minimum Gasteiger partial charge on any atom is -0.267 e. The zero-order valence-corrected chi connectivity index (χ0v) is 11.2. The second-order valence-electron chi connectivity index (χ2n) is 4.09. The minimum absolute atomic E-state index is 0.325. The van der Waals surface area contributed by atoms with Gasteiger partial charge >= 0.3 is 0 Å². The van der Waals surface area contributed by atoms with Gasteiger partial charge in [-0.25, -0.2) is 5.43 Å². The maximum Gasteiger partial charge on any atom is 0.272 e. The van der Waals surface area contributed by atoms with Gasteiger partial charge in [0.2, 0.25) is 0 Å². The highest BCUT2D eigenvalue weighted by molar-refractivity contribution is 6.33. The lowest BCUT2D eigenvalue weighted by Gasteiger charge is -2.01. The van der Waals surface area contributed by atoms with Crippen LogP contribution in [0.2, 0.25) is 5.02 Å². The minimum atomic E-state index is -0.325. The smallest absolute Gasteiger partial charge is 0.267 e. The molecule has 0 heterocycles. The van der Waals surface area contributed by atoms with E-state index < -0.39 is 0 Å². The second kappa shape index (κ2) is 6.16. The fourth-order valence-electron chi connectivity index (χ4n) is 1.62.